The summed E-state index contributed by atoms with van der Waals surface area (Å²) in [5, 5.41) is 2.95. The lowest BCUT2D eigenvalue weighted by Gasteiger charge is -2.29. The Morgan fingerprint density at radius 1 is 1.21 bits per heavy atom. The number of nitrogens with one attached hydrogen (secondary N) is 1. The predicted octanol–water partition coefficient (Wildman–Crippen LogP) is 2.57. The first-order valence-corrected chi connectivity index (χ1v) is 11.6. The van der Waals surface area contributed by atoms with Gasteiger partial charge in [0.2, 0.25) is 10.0 Å². The second-order valence-corrected chi connectivity index (χ2v) is 9.23. The molecule has 2 aromatic carbocycles. The quantitative estimate of drug-likeness (QED) is 0.631. The third-order valence-corrected chi connectivity index (χ3v) is 6.39. The van der Waals surface area contributed by atoms with E-state index in [0.717, 1.165) is 42.4 Å². The summed E-state index contributed by atoms with van der Waals surface area (Å²) in [7, 11) is -3.30. The van der Waals surface area contributed by atoms with Crippen molar-refractivity contribution in [2.24, 2.45) is 0 Å². The largest absolute Gasteiger partial charge is 0.352 e. The number of nitrogens with zero attached hydrogens (tertiary/aromatic N) is 3. The van der Waals surface area contributed by atoms with Gasteiger partial charge in [-0.15, -0.1) is 0 Å². The van der Waals surface area contributed by atoms with E-state index in [0.29, 0.717) is 24.3 Å². The zero-order valence-electron chi connectivity index (χ0n) is 16.3. The SMILES string of the molecule is CS(=O)(=O)N1CCCc2cc(C(=O)NCCCn3cnc4ccccc43)ccc21. The molecule has 2 heterocycles. The number of benzene rings is 2. The Bertz CT molecular complexity index is 1150. The highest BCUT2D eigenvalue weighted by atomic mass is 32.2. The van der Waals surface area contributed by atoms with Crippen LogP contribution >= 0.6 is 0 Å². The molecule has 0 atom stereocenters. The smallest absolute Gasteiger partial charge is 0.251 e. The number of anilines is 1. The molecule has 1 aromatic heterocycles. The van der Waals surface area contributed by atoms with Crippen LogP contribution in [-0.4, -0.2) is 43.2 Å². The third kappa shape index (κ3) is 4.12. The highest BCUT2D eigenvalue weighted by Gasteiger charge is 2.24. The average Bonchev–Trinajstić information content (AvgIpc) is 3.12. The van der Waals surface area contributed by atoms with Crippen LogP contribution in [0.2, 0.25) is 0 Å². The van der Waals surface area contributed by atoms with Gasteiger partial charge >= 0.3 is 0 Å². The Labute approximate surface area is 170 Å². The lowest BCUT2D eigenvalue weighted by atomic mass is 10.0. The molecule has 0 radical (unpaired) electrons. The summed E-state index contributed by atoms with van der Waals surface area (Å²) < 4.78 is 27.4. The molecule has 0 bridgehead atoms. The Hall–Kier alpha value is -2.87. The van der Waals surface area contributed by atoms with E-state index in [2.05, 4.69) is 14.9 Å². The van der Waals surface area contributed by atoms with E-state index < -0.39 is 10.0 Å². The molecule has 3 aromatic rings. The van der Waals surface area contributed by atoms with Gasteiger partial charge in [0.1, 0.15) is 0 Å². The summed E-state index contributed by atoms with van der Waals surface area (Å²) in [5.41, 5.74) is 4.20. The number of para-hydroxylation sites is 2. The highest BCUT2D eigenvalue weighted by Crippen LogP contribution is 2.29. The van der Waals surface area contributed by atoms with Gasteiger partial charge in [0.25, 0.3) is 5.91 Å². The minimum absolute atomic E-state index is 0.139. The van der Waals surface area contributed by atoms with Crippen LogP contribution in [0.1, 0.15) is 28.8 Å². The number of rotatable bonds is 6. The molecule has 8 heteroatoms. The number of sulfonamides is 1. The second kappa shape index (κ2) is 7.87. The number of hydrogen-bond acceptors (Lipinski definition) is 4. The summed E-state index contributed by atoms with van der Waals surface area (Å²) >= 11 is 0. The van der Waals surface area contributed by atoms with Crippen LogP contribution in [0.4, 0.5) is 5.69 Å². The van der Waals surface area contributed by atoms with Crippen molar-refractivity contribution in [3.05, 3.63) is 59.9 Å². The number of aromatic nitrogens is 2. The van der Waals surface area contributed by atoms with Gasteiger partial charge < -0.3 is 9.88 Å². The number of imidazole rings is 1. The molecule has 152 valence electrons. The summed E-state index contributed by atoms with van der Waals surface area (Å²) in [6, 6.07) is 13.2. The fourth-order valence-corrected chi connectivity index (χ4v) is 4.79. The van der Waals surface area contributed by atoms with Gasteiger partial charge in [0.05, 0.1) is 29.3 Å². The third-order valence-electron chi connectivity index (χ3n) is 5.21. The molecule has 0 fully saturated rings. The van der Waals surface area contributed by atoms with E-state index in [9.17, 15) is 13.2 Å². The van der Waals surface area contributed by atoms with Gasteiger partial charge in [-0.3, -0.25) is 9.10 Å². The number of hydrogen-bond donors (Lipinski definition) is 1. The van der Waals surface area contributed by atoms with Gasteiger partial charge in [-0.1, -0.05) is 12.1 Å². The predicted molar refractivity (Wildman–Crippen MR) is 114 cm³/mol. The summed E-state index contributed by atoms with van der Waals surface area (Å²) in [6.07, 6.45) is 5.36. The molecule has 29 heavy (non-hydrogen) atoms. The molecule has 1 amide bonds. The van der Waals surface area contributed by atoms with E-state index in [4.69, 9.17) is 0 Å². The maximum absolute atomic E-state index is 12.5. The fourth-order valence-electron chi connectivity index (χ4n) is 3.79. The van der Waals surface area contributed by atoms with Crippen molar-refractivity contribution in [3.8, 4) is 0 Å². The number of aryl methyl sites for hydroxylation is 2. The van der Waals surface area contributed by atoms with Crippen LogP contribution in [0.3, 0.4) is 0 Å². The normalized spacial score (nSPS) is 14.0. The van der Waals surface area contributed by atoms with Crippen molar-refractivity contribution in [1.29, 1.82) is 0 Å². The molecule has 7 nitrogen and oxygen atoms in total. The molecule has 0 aliphatic carbocycles. The van der Waals surface area contributed by atoms with Crippen LogP contribution in [0.5, 0.6) is 0 Å². The molecule has 1 aliphatic heterocycles. The van der Waals surface area contributed by atoms with Crippen LogP contribution < -0.4 is 9.62 Å². The van der Waals surface area contributed by atoms with Gasteiger partial charge in [0, 0.05) is 25.2 Å². The molecule has 0 saturated heterocycles. The minimum atomic E-state index is -3.30. The van der Waals surface area contributed by atoms with Crippen LogP contribution in [0.25, 0.3) is 11.0 Å². The minimum Gasteiger partial charge on any atom is -0.352 e. The standard InChI is InChI=1S/C21H24N4O3S/c1-29(27,28)25-13-4-6-16-14-17(9-10-19(16)25)21(26)22-11-5-12-24-15-23-18-7-2-3-8-20(18)24/h2-3,7-10,14-15H,4-6,11-13H2,1H3,(H,22,26). The molecule has 0 unspecified atom stereocenters. The lowest BCUT2D eigenvalue weighted by Crippen LogP contribution is -2.34. The van der Waals surface area contributed by atoms with Crippen LogP contribution in [0.15, 0.2) is 48.8 Å². The van der Waals surface area contributed by atoms with Crippen molar-refractivity contribution in [2.75, 3.05) is 23.7 Å². The zero-order chi connectivity index (χ0) is 20.4. The number of carbonyl (C=O) groups excluding carboxylic acids is 1. The van der Waals surface area contributed by atoms with Crippen molar-refractivity contribution in [2.45, 2.75) is 25.8 Å². The first-order chi connectivity index (χ1) is 13.9. The second-order valence-electron chi connectivity index (χ2n) is 7.32. The summed E-state index contributed by atoms with van der Waals surface area (Å²) in [5.74, 6) is -0.139. The van der Waals surface area contributed by atoms with Crippen molar-refractivity contribution in [1.82, 2.24) is 14.9 Å². The van der Waals surface area contributed by atoms with E-state index >= 15 is 0 Å². The Morgan fingerprint density at radius 3 is 2.86 bits per heavy atom. The Morgan fingerprint density at radius 2 is 2.03 bits per heavy atom. The maximum Gasteiger partial charge on any atom is 0.251 e. The van der Waals surface area contributed by atoms with Gasteiger partial charge in [-0.25, -0.2) is 13.4 Å². The number of carbonyl (C=O) groups is 1. The molecule has 4 rings (SSSR count). The van der Waals surface area contributed by atoms with E-state index in [1.54, 1.807) is 12.1 Å². The van der Waals surface area contributed by atoms with Gasteiger partial charge in [0.15, 0.2) is 0 Å². The average molecular weight is 413 g/mol. The first kappa shape index (κ1) is 19.4. The van der Waals surface area contributed by atoms with Crippen molar-refractivity contribution >= 4 is 32.7 Å². The summed E-state index contributed by atoms with van der Waals surface area (Å²) in [6.45, 7) is 1.81. The molecule has 0 saturated carbocycles. The maximum atomic E-state index is 12.5. The first-order valence-electron chi connectivity index (χ1n) is 9.72. The topological polar surface area (TPSA) is 84.3 Å². The van der Waals surface area contributed by atoms with Crippen molar-refractivity contribution < 1.29 is 13.2 Å². The molecular weight excluding hydrogens is 388 g/mol. The molecular formula is C21H24N4O3S. The number of fused-ring (bicyclic) bond motifs is 2. The zero-order valence-corrected chi connectivity index (χ0v) is 17.2. The van der Waals surface area contributed by atoms with Crippen molar-refractivity contribution in [3.63, 3.8) is 0 Å². The van der Waals surface area contributed by atoms with Gasteiger partial charge in [-0.05, 0) is 55.2 Å². The summed E-state index contributed by atoms with van der Waals surface area (Å²) in [4.78, 5) is 16.9. The lowest BCUT2D eigenvalue weighted by molar-refractivity contribution is 0.0952. The van der Waals surface area contributed by atoms with E-state index in [1.165, 1.54) is 10.6 Å². The fraction of sp³-hybridized carbons (Fsp3) is 0.333. The van der Waals surface area contributed by atoms with Crippen LogP contribution in [-0.2, 0) is 23.0 Å². The molecule has 0 spiro atoms. The molecule has 1 N–H and O–H groups in total. The van der Waals surface area contributed by atoms with Crippen LogP contribution in [0, 0.1) is 0 Å². The van der Waals surface area contributed by atoms with E-state index in [1.807, 2.05) is 36.7 Å². The number of amides is 1. The van der Waals surface area contributed by atoms with Gasteiger partial charge in [-0.2, -0.15) is 0 Å². The highest BCUT2D eigenvalue weighted by molar-refractivity contribution is 7.92. The Balaban J connectivity index is 1.37. The molecule has 1 aliphatic rings. The Kier molecular flexibility index (Phi) is 5.27. The van der Waals surface area contributed by atoms with E-state index in [-0.39, 0.29) is 5.91 Å². The monoisotopic (exact) mass is 412 g/mol.